The molecule has 1 aromatic heterocycles. The average Bonchev–Trinajstić information content (AvgIpc) is 3.53. The molecule has 0 bridgehead atoms. The smallest absolute Gasteiger partial charge is 0.408 e. The molecule has 4 amide bonds. The molecule has 1 aromatic carbocycles. The zero-order valence-corrected chi connectivity index (χ0v) is 29.5. The summed E-state index contributed by atoms with van der Waals surface area (Å²) in [6.45, 7) is 14.2. The normalized spacial score (nSPS) is 23.3. The van der Waals surface area contributed by atoms with Crippen molar-refractivity contribution in [1.82, 2.24) is 29.5 Å². The highest BCUT2D eigenvalue weighted by Crippen LogP contribution is 2.45. The molecule has 1 saturated heterocycles. The van der Waals surface area contributed by atoms with E-state index >= 15 is 0 Å². The third kappa shape index (κ3) is 7.89. The Bertz CT molecular complexity index is 1690. The van der Waals surface area contributed by atoms with E-state index in [0.717, 1.165) is 4.31 Å². The number of fused-ring (bicyclic) bond motifs is 1. The molecule has 1 aliphatic heterocycles. The molecule has 4 rings (SSSR count). The number of likely N-dealkylation sites (tertiary alicyclic amines) is 1. The number of aromatic nitrogens is 1. The molecule has 2 aliphatic rings. The van der Waals surface area contributed by atoms with Gasteiger partial charge in [0.15, 0.2) is 6.23 Å². The summed E-state index contributed by atoms with van der Waals surface area (Å²) < 4.78 is 39.7. The lowest BCUT2D eigenvalue weighted by Gasteiger charge is -2.38. The van der Waals surface area contributed by atoms with Gasteiger partial charge >= 0.3 is 16.3 Å². The Labute approximate surface area is 281 Å². The first-order chi connectivity index (χ1) is 22.2. The number of carbonyl (C=O) groups excluding carboxylic acids is 4. The van der Waals surface area contributed by atoms with Gasteiger partial charge in [0.25, 0.3) is 5.91 Å². The summed E-state index contributed by atoms with van der Waals surface area (Å²) in [6, 6.07) is 6.71. The molecule has 2 aromatic rings. The van der Waals surface area contributed by atoms with Crippen molar-refractivity contribution >= 4 is 44.9 Å². The van der Waals surface area contributed by atoms with Crippen LogP contribution in [0.1, 0.15) is 60.8 Å². The number of alkyl carbamates (subject to hydrolysis) is 1. The van der Waals surface area contributed by atoms with Gasteiger partial charge in [-0.25, -0.2) is 9.52 Å². The minimum absolute atomic E-state index is 0.117. The molecular weight excluding hydrogens is 640 g/mol. The Morgan fingerprint density at radius 2 is 1.75 bits per heavy atom. The fourth-order valence-corrected chi connectivity index (χ4v) is 6.23. The quantitative estimate of drug-likeness (QED) is 0.317. The van der Waals surface area contributed by atoms with E-state index in [-0.39, 0.29) is 19.3 Å². The van der Waals surface area contributed by atoms with Crippen LogP contribution in [0.15, 0.2) is 49.2 Å². The lowest BCUT2D eigenvalue weighted by molar-refractivity contribution is -0.149. The third-order valence-corrected chi connectivity index (χ3v) is 9.69. The minimum atomic E-state index is -4.16. The van der Waals surface area contributed by atoms with Crippen LogP contribution >= 0.6 is 0 Å². The Balaban J connectivity index is 1.70. The summed E-state index contributed by atoms with van der Waals surface area (Å²) in [5, 5.41) is 6.14. The van der Waals surface area contributed by atoms with Crippen LogP contribution in [0.25, 0.3) is 10.9 Å². The number of nitrogens with zero attached hydrogens (tertiary/aromatic N) is 3. The van der Waals surface area contributed by atoms with E-state index in [1.807, 2.05) is 29.0 Å². The van der Waals surface area contributed by atoms with Gasteiger partial charge in [0, 0.05) is 38.0 Å². The molecule has 3 N–H and O–H groups in total. The standard InChI is InChI=1S/C33H46N6O8S/c1-10-20-19-33(20,29(42)37-48(44,45)38(8)9)36-27(40)23-15-16-25(46-24-17-18-34-22-14-12-11-13-21(22)24)39(23)28(41)26(31(2,3)4)35-30(43)47-32(5,6)7/h10-14,17-18,20,23,25-26H,1,15-16,19H2,2-9H3,(H,35,43)(H,36,40)(H,37,42)/t20?,23-,25+,26-,33?/m0/s1. The second-order valence-corrected chi connectivity index (χ2v) is 16.3. The molecule has 262 valence electrons. The van der Waals surface area contributed by atoms with Gasteiger partial charge in [0.05, 0.1) is 5.52 Å². The summed E-state index contributed by atoms with van der Waals surface area (Å²) in [5.74, 6) is -2.30. The number of ether oxygens (including phenoxy) is 2. The molecule has 1 aliphatic carbocycles. The van der Waals surface area contributed by atoms with E-state index in [9.17, 15) is 27.6 Å². The third-order valence-electron chi connectivity index (χ3n) is 8.29. The number of rotatable bonds is 10. The molecule has 15 heteroatoms. The molecule has 48 heavy (non-hydrogen) atoms. The van der Waals surface area contributed by atoms with Crippen LogP contribution in [0.5, 0.6) is 5.75 Å². The first-order valence-electron chi connectivity index (χ1n) is 15.7. The maximum Gasteiger partial charge on any atom is 0.408 e. The SMILES string of the molecule is C=CC1CC1(NC(=O)[C@@H]1CC[C@@H](Oc2ccnc3ccccc23)N1C(=O)[C@H](NC(=O)OC(C)(C)C)C(C)(C)C)C(=O)NS(=O)(=O)N(C)C. The number of nitrogens with one attached hydrogen (secondary N) is 3. The van der Waals surface area contributed by atoms with Gasteiger partial charge in [-0.2, -0.15) is 12.7 Å². The van der Waals surface area contributed by atoms with Crippen molar-refractivity contribution < 1.29 is 37.1 Å². The predicted octanol–water partition coefficient (Wildman–Crippen LogP) is 2.85. The van der Waals surface area contributed by atoms with Crippen molar-refractivity contribution in [2.45, 2.75) is 90.3 Å². The van der Waals surface area contributed by atoms with E-state index in [0.29, 0.717) is 16.7 Å². The van der Waals surface area contributed by atoms with Crippen molar-refractivity contribution in [3.05, 3.63) is 49.2 Å². The number of benzene rings is 1. The van der Waals surface area contributed by atoms with Gasteiger partial charge in [0.2, 0.25) is 11.8 Å². The van der Waals surface area contributed by atoms with Gasteiger partial charge in [-0.3, -0.25) is 24.3 Å². The molecule has 0 spiro atoms. The highest BCUT2D eigenvalue weighted by molar-refractivity contribution is 7.87. The van der Waals surface area contributed by atoms with E-state index in [4.69, 9.17) is 9.47 Å². The summed E-state index contributed by atoms with van der Waals surface area (Å²) >= 11 is 0. The van der Waals surface area contributed by atoms with Crippen molar-refractivity contribution in [3.8, 4) is 5.75 Å². The van der Waals surface area contributed by atoms with Crippen molar-refractivity contribution in [2.75, 3.05) is 14.1 Å². The number of pyridine rings is 1. The lowest BCUT2D eigenvalue weighted by Crippen LogP contribution is -2.62. The highest BCUT2D eigenvalue weighted by atomic mass is 32.2. The summed E-state index contributed by atoms with van der Waals surface area (Å²) in [6.07, 6.45) is 1.81. The highest BCUT2D eigenvalue weighted by Gasteiger charge is 2.61. The largest absolute Gasteiger partial charge is 0.470 e. The molecule has 2 fully saturated rings. The fourth-order valence-electron chi connectivity index (χ4n) is 5.63. The summed E-state index contributed by atoms with van der Waals surface area (Å²) in [4.78, 5) is 60.6. The lowest BCUT2D eigenvalue weighted by atomic mass is 9.85. The average molecular weight is 687 g/mol. The van der Waals surface area contributed by atoms with Gasteiger partial charge in [-0.05, 0) is 57.2 Å². The van der Waals surface area contributed by atoms with Gasteiger partial charge in [-0.15, -0.1) is 6.58 Å². The summed E-state index contributed by atoms with van der Waals surface area (Å²) in [5.41, 5.74) is -2.59. The maximum atomic E-state index is 14.6. The topological polar surface area (TPSA) is 176 Å². The van der Waals surface area contributed by atoms with E-state index in [1.165, 1.54) is 25.1 Å². The molecule has 14 nitrogen and oxygen atoms in total. The van der Waals surface area contributed by atoms with Crippen LogP contribution in [0, 0.1) is 11.3 Å². The van der Waals surface area contributed by atoms with Crippen LogP contribution in [0.2, 0.25) is 0 Å². The predicted molar refractivity (Wildman–Crippen MR) is 179 cm³/mol. The molecule has 0 radical (unpaired) electrons. The Morgan fingerprint density at radius 3 is 2.33 bits per heavy atom. The second kappa shape index (κ2) is 13.3. The molecule has 2 heterocycles. The van der Waals surface area contributed by atoms with Crippen LogP contribution < -0.4 is 20.1 Å². The Kier molecular flexibility index (Phi) is 10.2. The number of carbonyl (C=O) groups is 4. The monoisotopic (exact) mass is 686 g/mol. The Hall–Kier alpha value is -4.24. The summed E-state index contributed by atoms with van der Waals surface area (Å²) in [7, 11) is -1.62. The molecular formula is C33H46N6O8S. The number of para-hydroxylation sites is 1. The maximum absolute atomic E-state index is 14.6. The van der Waals surface area contributed by atoms with Crippen LogP contribution in [-0.2, 0) is 29.3 Å². The van der Waals surface area contributed by atoms with Crippen molar-refractivity contribution in [2.24, 2.45) is 11.3 Å². The van der Waals surface area contributed by atoms with Crippen LogP contribution in [-0.4, -0.2) is 90.0 Å². The van der Waals surface area contributed by atoms with Gasteiger partial charge < -0.3 is 20.1 Å². The molecule has 2 unspecified atom stereocenters. The van der Waals surface area contributed by atoms with E-state index in [1.54, 1.807) is 53.8 Å². The molecule has 5 atom stereocenters. The zero-order chi connectivity index (χ0) is 35.8. The molecule has 1 saturated carbocycles. The zero-order valence-electron chi connectivity index (χ0n) is 28.7. The van der Waals surface area contributed by atoms with Crippen LogP contribution in [0.4, 0.5) is 4.79 Å². The minimum Gasteiger partial charge on any atom is -0.470 e. The number of amides is 4. The van der Waals surface area contributed by atoms with E-state index < -0.39 is 74.8 Å². The number of hydrogen-bond acceptors (Lipinski definition) is 9. The van der Waals surface area contributed by atoms with Gasteiger partial charge in [-0.1, -0.05) is 39.0 Å². The fraction of sp³-hybridized carbons (Fsp3) is 0.545. The number of hydrogen-bond donors (Lipinski definition) is 3. The first-order valence-corrected chi connectivity index (χ1v) is 17.2. The Morgan fingerprint density at radius 1 is 1.08 bits per heavy atom. The van der Waals surface area contributed by atoms with Crippen molar-refractivity contribution in [1.29, 1.82) is 0 Å². The van der Waals surface area contributed by atoms with Crippen LogP contribution in [0.3, 0.4) is 0 Å². The second-order valence-electron chi connectivity index (χ2n) is 14.4. The van der Waals surface area contributed by atoms with Crippen molar-refractivity contribution in [3.63, 3.8) is 0 Å². The van der Waals surface area contributed by atoms with Gasteiger partial charge in [0.1, 0.15) is 29.0 Å². The van der Waals surface area contributed by atoms with E-state index in [2.05, 4.69) is 22.2 Å². The first kappa shape index (κ1) is 36.6.